The number of rotatable bonds is 1. The molecule has 1 aliphatic carbocycles. The molecule has 0 heterocycles. The second-order valence-electron chi connectivity index (χ2n) is 3.45. The van der Waals surface area contributed by atoms with Crippen molar-refractivity contribution in [3.05, 3.63) is 41.0 Å². The Morgan fingerprint density at radius 3 is 2.93 bits per heavy atom. The predicted octanol–water partition coefficient (Wildman–Crippen LogP) is 2.43. The highest BCUT2D eigenvalue weighted by molar-refractivity contribution is 5.90. The minimum atomic E-state index is -0.266. The number of hydrogen-bond donors (Lipinski definition) is 0. The molecule has 0 atom stereocenters. The molecule has 72 valence electrons. The van der Waals surface area contributed by atoms with Crippen LogP contribution in [0.4, 0.5) is 0 Å². The molecule has 0 N–H and O–H groups in total. The van der Waals surface area contributed by atoms with Crippen molar-refractivity contribution in [2.24, 2.45) is 0 Å². The Bertz CT molecular complexity index is 416. The first-order valence-electron chi connectivity index (χ1n) is 4.61. The van der Waals surface area contributed by atoms with Crippen molar-refractivity contribution in [2.75, 3.05) is 7.11 Å². The SMILES string of the molecule is COC(=O)c1ccc2c(c1)CC=C2C. The van der Waals surface area contributed by atoms with Crippen molar-refractivity contribution in [1.82, 2.24) is 0 Å². The van der Waals surface area contributed by atoms with Gasteiger partial charge in [0.05, 0.1) is 12.7 Å². The summed E-state index contributed by atoms with van der Waals surface area (Å²) in [6, 6.07) is 5.71. The number of hydrogen-bond acceptors (Lipinski definition) is 2. The average Bonchev–Trinajstić information content (AvgIpc) is 2.59. The van der Waals surface area contributed by atoms with E-state index in [4.69, 9.17) is 0 Å². The lowest BCUT2D eigenvalue weighted by molar-refractivity contribution is 0.0600. The quantitative estimate of drug-likeness (QED) is 0.633. The summed E-state index contributed by atoms with van der Waals surface area (Å²) >= 11 is 0. The summed E-state index contributed by atoms with van der Waals surface area (Å²) in [5.74, 6) is -0.266. The van der Waals surface area contributed by atoms with E-state index in [0.717, 1.165) is 6.42 Å². The van der Waals surface area contributed by atoms with Crippen LogP contribution in [0.25, 0.3) is 5.57 Å². The first-order valence-corrected chi connectivity index (χ1v) is 4.61. The van der Waals surface area contributed by atoms with Crippen LogP contribution in [-0.4, -0.2) is 13.1 Å². The van der Waals surface area contributed by atoms with E-state index in [9.17, 15) is 4.79 Å². The number of esters is 1. The van der Waals surface area contributed by atoms with Crippen LogP contribution in [0.5, 0.6) is 0 Å². The molecule has 1 aromatic rings. The van der Waals surface area contributed by atoms with Gasteiger partial charge in [-0.25, -0.2) is 4.79 Å². The number of benzene rings is 1. The van der Waals surface area contributed by atoms with Crippen LogP contribution in [0.2, 0.25) is 0 Å². The highest BCUT2D eigenvalue weighted by atomic mass is 16.5. The number of methoxy groups -OCH3 is 1. The number of carbonyl (C=O) groups excluding carboxylic acids is 1. The first kappa shape index (κ1) is 9.00. The molecule has 0 aromatic heterocycles. The molecular formula is C12H12O2. The molecule has 1 aliphatic rings. The number of allylic oxidation sites excluding steroid dienone is 2. The van der Waals surface area contributed by atoms with Crippen molar-refractivity contribution in [3.8, 4) is 0 Å². The Hall–Kier alpha value is -1.57. The molecule has 0 saturated carbocycles. The molecule has 0 amide bonds. The van der Waals surface area contributed by atoms with Gasteiger partial charge in [0.2, 0.25) is 0 Å². The summed E-state index contributed by atoms with van der Waals surface area (Å²) in [4.78, 5) is 11.3. The van der Waals surface area contributed by atoms with Crippen molar-refractivity contribution < 1.29 is 9.53 Å². The third-order valence-electron chi connectivity index (χ3n) is 2.58. The molecule has 2 nitrogen and oxygen atoms in total. The Labute approximate surface area is 83.2 Å². The monoisotopic (exact) mass is 188 g/mol. The molecule has 0 fully saturated rings. The molecular weight excluding hydrogens is 176 g/mol. The van der Waals surface area contributed by atoms with Crippen LogP contribution < -0.4 is 0 Å². The molecule has 1 aromatic carbocycles. The van der Waals surface area contributed by atoms with Gasteiger partial charge < -0.3 is 4.74 Å². The number of fused-ring (bicyclic) bond motifs is 1. The summed E-state index contributed by atoms with van der Waals surface area (Å²) in [6.07, 6.45) is 3.09. The van der Waals surface area contributed by atoms with E-state index in [-0.39, 0.29) is 5.97 Å². The predicted molar refractivity (Wildman–Crippen MR) is 55.1 cm³/mol. The fourth-order valence-corrected chi connectivity index (χ4v) is 1.77. The standard InChI is InChI=1S/C12H12O2/c1-8-3-4-9-7-10(12(13)14-2)5-6-11(8)9/h3,5-7H,4H2,1-2H3. The highest BCUT2D eigenvalue weighted by Crippen LogP contribution is 2.27. The third-order valence-corrected chi connectivity index (χ3v) is 2.58. The highest BCUT2D eigenvalue weighted by Gasteiger charge is 2.13. The summed E-state index contributed by atoms with van der Waals surface area (Å²) in [7, 11) is 1.40. The van der Waals surface area contributed by atoms with E-state index in [1.54, 1.807) is 0 Å². The molecule has 0 bridgehead atoms. The largest absolute Gasteiger partial charge is 0.465 e. The van der Waals surface area contributed by atoms with Gasteiger partial charge in [-0.3, -0.25) is 0 Å². The van der Waals surface area contributed by atoms with Gasteiger partial charge in [-0.15, -0.1) is 0 Å². The van der Waals surface area contributed by atoms with E-state index in [1.807, 2.05) is 18.2 Å². The summed E-state index contributed by atoms with van der Waals surface area (Å²) < 4.78 is 4.67. The second kappa shape index (κ2) is 3.29. The van der Waals surface area contributed by atoms with Crippen LogP contribution in [0.3, 0.4) is 0 Å². The van der Waals surface area contributed by atoms with E-state index >= 15 is 0 Å². The smallest absolute Gasteiger partial charge is 0.337 e. The topological polar surface area (TPSA) is 26.3 Å². The van der Waals surface area contributed by atoms with Crippen LogP contribution >= 0.6 is 0 Å². The summed E-state index contributed by atoms with van der Waals surface area (Å²) in [5, 5.41) is 0. The fraction of sp³-hybridized carbons (Fsp3) is 0.250. The van der Waals surface area contributed by atoms with Crippen LogP contribution in [-0.2, 0) is 11.2 Å². The summed E-state index contributed by atoms with van der Waals surface area (Å²) in [5.41, 5.74) is 4.38. The minimum Gasteiger partial charge on any atom is -0.465 e. The molecule has 0 saturated heterocycles. The number of ether oxygens (including phenoxy) is 1. The maximum absolute atomic E-state index is 11.3. The Kier molecular flexibility index (Phi) is 2.12. The van der Waals surface area contributed by atoms with Gasteiger partial charge in [0, 0.05) is 0 Å². The Balaban J connectivity index is 2.40. The van der Waals surface area contributed by atoms with Crippen molar-refractivity contribution in [1.29, 1.82) is 0 Å². The lowest BCUT2D eigenvalue weighted by Gasteiger charge is -2.04. The lowest BCUT2D eigenvalue weighted by Crippen LogP contribution is -2.01. The third kappa shape index (κ3) is 1.33. The lowest BCUT2D eigenvalue weighted by atomic mass is 10.0. The molecule has 0 aliphatic heterocycles. The van der Waals surface area contributed by atoms with Crippen molar-refractivity contribution in [2.45, 2.75) is 13.3 Å². The fourth-order valence-electron chi connectivity index (χ4n) is 1.77. The Morgan fingerprint density at radius 2 is 2.21 bits per heavy atom. The van der Waals surface area contributed by atoms with Gasteiger partial charge >= 0.3 is 5.97 Å². The maximum Gasteiger partial charge on any atom is 0.337 e. The zero-order valence-corrected chi connectivity index (χ0v) is 8.33. The average molecular weight is 188 g/mol. The van der Waals surface area contributed by atoms with E-state index < -0.39 is 0 Å². The van der Waals surface area contributed by atoms with Gasteiger partial charge in [0.15, 0.2) is 0 Å². The van der Waals surface area contributed by atoms with Crippen LogP contribution in [0, 0.1) is 0 Å². The molecule has 0 unspecified atom stereocenters. The van der Waals surface area contributed by atoms with E-state index in [1.165, 1.54) is 23.8 Å². The first-order chi connectivity index (χ1) is 6.72. The van der Waals surface area contributed by atoms with E-state index in [0.29, 0.717) is 5.56 Å². The van der Waals surface area contributed by atoms with Crippen LogP contribution in [0.15, 0.2) is 24.3 Å². The van der Waals surface area contributed by atoms with Crippen LogP contribution in [0.1, 0.15) is 28.4 Å². The molecule has 2 heteroatoms. The van der Waals surface area contributed by atoms with Gasteiger partial charge in [0.1, 0.15) is 0 Å². The normalized spacial score (nSPS) is 13.4. The van der Waals surface area contributed by atoms with Crippen molar-refractivity contribution >= 4 is 11.5 Å². The summed E-state index contributed by atoms with van der Waals surface area (Å²) in [6.45, 7) is 2.09. The second-order valence-corrected chi connectivity index (χ2v) is 3.45. The van der Waals surface area contributed by atoms with Gasteiger partial charge in [-0.05, 0) is 42.2 Å². The molecule has 14 heavy (non-hydrogen) atoms. The zero-order valence-electron chi connectivity index (χ0n) is 8.33. The van der Waals surface area contributed by atoms with Gasteiger partial charge in [0.25, 0.3) is 0 Å². The zero-order chi connectivity index (χ0) is 10.1. The maximum atomic E-state index is 11.3. The minimum absolute atomic E-state index is 0.266. The number of carbonyl (C=O) groups is 1. The van der Waals surface area contributed by atoms with E-state index in [2.05, 4.69) is 17.7 Å². The van der Waals surface area contributed by atoms with Gasteiger partial charge in [-0.1, -0.05) is 12.1 Å². The van der Waals surface area contributed by atoms with Crippen molar-refractivity contribution in [3.63, 3.8) is 0 Å². The molecule has 2 rings (SSSR count). The van der Waals surface area contributed by atoms with Gasteiger partial charge in [-0.2, -0.15) is 0 Å². The molecule has 0 spiro atoms. The Morgan fingerprint density at radius 1 is 1.43 bits per heavy atom. The molecule has 0 radical (unpaired) electrons.